The Labute approximate surface area is 296 Å². The monoisotopic (exact) mass is 652 g/mol. The smallest absolute Gasteiger partial charge is 0.137 e. The van der Waals surface area contributed by atoms with Crippen molar-refractivity contribution in [3.8, 4) is 22.6 Å². The third-order valence-electron chi connectivity index (χ3n) is 9.95. The van der Waals surface area contributed by atoms with E-state index < -0.39 is 0 Å². The maximum Gasteiger partial charge on any atom is 0.137 e. The molecule has 1 heterocycles. The molecule has 240 valence electrons. The van der Waals surface area contributed by atoms with Gasteiger partial charge in [-0.1, -0.05) is 103 Å². The second-order valence-electron chi connectivity index (χ2n) is 13.0. The molecule has 0 N–H and O–H groups in total. The van der Waals surface area contributed by atoms with Gasteiger partial charge < -0.3 is 14.5 Å². The van der Waals surface area contributed by atoms with Crippen molar-refractivity contribution >= 4 is 66.4 Å². The first-order valence-electron chi connectivity index (χ1n) is 17.3. The Morgan fingerprint density at radius 2 is 0.843 bits per heavy atom. The molecule has 51 heavy (non-hydrogen) atoms. The normalized spacial score (nSPS) is 11.7. The third-order valence-corrected chi connectivity index (χ3v) is 9.95. The van der Waals surface area contributed by atoms with Gasteiger partial charge in [-0.15, -0.1) is 0 Å². The van der Waals surface area contributed by atoms with Gasteiger partial charge in [0, 0.05) is 51.1 Å². The average Bonchev–Trinajstić information content (AvgIpc) is 3.19. The second-order valence-corrected chi connectivity index (χ2v) is 13.0. The van der Waals surface area contributed by atoms with Crippen LogP contribution in [0.15, 0.2) is 194 Å². The molecule has 3 heteroatoms. The van der Waals surface area contributed by atoms with Crippen LogP contribution >= 0.6 is 0 Å². The summed E-state index contributed by atoms with van der Waals surface area (Å²) in [5.41, 5.74) is 8.85. The van der Waals surface area contributed by atoms with E-state index in [1.165, 1.54) is 32.5 Å². The lowest BCUT2D eigenvalue weighted by Crippen LogP contribution is -2.10. The summed E-state index contributed by atoms with van der Waals surface area (Å²) >= 11 is 0. The largest absolute Gasteiger partial charge is 0.456 e. The summed E-state index contributed by atoms with van der Waals surface area (Å²) in [6, 6.07) is 69.0. The predicted molar refractivity (Wildman–Crippen MR) is 214 cm³/mol. The molecular weight excluding hydrogens is 621 g/mol. The van der Waals surface area contributed by atoms with Crippen molar-refractivity contribution in [1.82, 2.24) is 0 Å². The van der Waals surface area contributed by atoms with Crippen LogP contribution in [0.25, 0.3) is 43.4 Å². The van der Waals surface area contributed by atoms with E-state index in [1.54, 1.807) is 0 Å². The Bertz CT molecular complexity index is 2690. The molecule has 0 radical (unpaired) electrons. The van der Waals surface area contributed by atoms with Crippen LogP contribution in [0.2, 0.25) is 0 Å². The van der Waals surface area contributed by atoms with Crippen LogP contribution in [0.3, 0.4) is 0 Å². The highest BCUT2D eigenvalue weighted by molar-refractivity contribution is 6.18. The molecule has 0 saturated carbocycles. The molecule has 0 aromatic heterocycles. The average molecular weight is 653 g/mol. The molecule has 1 aliphatic rings. The number of benzene rings is 9. The van der Waals surface area contributed by atoms with Gasteiger partial charge in [0.2, 0.25) is 0 Å². The number of hydrogen-bond donors (Lipinski definition) is 0. The SMILES string of the molecule is c1ccc(N(c2ccccc2)c2ccc3c(c2)Oc2cccc4c2c-3cc2ccc(N(c3ccccc3)c3ccc5ccccc5c3)cc24)cc1. The first-order chi connectivity index (χ1) is 25.3. The molecule has 0 aliphatic carbocycles. The molecule has 0 atom stereocenters. The Kier molecular flexibility index (Phi) is 6.81. The number of nitrogens with zero attached hydrogens (tertiary/aromatic N) is 2. The quantitative estimate of drug-likeness (QED) is 0.166. The van der Waals surface area contributed by atoms with E-state index in [-0.39, 0.29) is 0 Å². The fraction of sp³-hybridized carbons (Fsp3) is 0. The molecule has 10 rings (SSSR count). The van der Waals surface area contributed by atoms with Gasteiger partial charge in [0.25, 0.3) is 0 Å². The highest BCUT2D eigenvalue weighted by Gasteiger charge is 2.24. The Morgan fingerprint density at radius 3 is 1.53 bits per heavy atom. The van der Waals surface area contributed by atoms with Crippen LogP contribution in [0.1, 0.15) is 0 Å². The Morgan fingerprint density at radius 1 is 0.294 bits per heavy atom. The summed E-state index contributed by atoms with van der Waals surface area (Å²) in [4.78, 5) is 4.62. The van der Waals surface area contributed by atoms with Gasteiger partial charge in [-0.3, -0.25) is 0 Å². The lowest BCUT2D eigenvalue weighted by molar-refractivity contribution is 0.487. The summed E-state index contributed by atoms with van der Waals surface area (Å²) in [7, 11) is 0. The van der Waals surface area contributed by atoms with Crippen molar-refractivity contribution in [2.24, 2.45) is 0 Å². The molecule has 0 amide bonds. The standard InChI is InChI=1S/C48H32N2O/c1-4-15-36(16-5-1)49(37-17-6-2-7-18-37)41-27-28-42-45-30-35-24-26-40(31-44(35)43-21-12-22-46(48(43)45)51-47(42)32-41)50(38-19-8-3-9-20-38)39-25-23-33-13-10-11-14-34(33)29-39/h1-32H. The fourth-order valence-electron chi connectivity index (χ4n) is 7.62. The minimum atomic E-state index is 0.854. The highest BCUT2D eigenvalue weighted by Crippen LogP contribution is 2.51. The highest BCUT2D eigenvalue weighted by atomic mass is 16.5. The summed E-state index contributed by atoms with van der Waals surface area (Å²) in [5.74, 6) is 1.73. The van der Waals surface area contributed by atoms with Gasteiger partial charge in [0.15, 0.2) is 0 Å². The van der Waals surface area contributed by atoms with Crippen LogP contribution in [0, 0.1) is 0 Å². The van der Waals surface area contributed by atoms with Gasteiger partial charge in [-0.2, -0.15) is 0 Å². The van der Waals surface area contributed by atoms with Gasteiger partial charge >= 0.3 is 0 Å². The first-order valence-corrected chi connectivity index (χ1v) is 17.3. The number of para-hydroxylation sites is 3. The predicted octanol–water partition coefficient (Wildman–Crippen LogP) is 13.9. The molecule has 3 nitrogen and oxygen atoms in total. The first kappa shape index (κ1) is 29.1. The molecule has 0 bridgehead atoms. The van der Waals surface area contributed by atoms with Crippen LogP contribution in [0.4, 0.5) is 34.1 Å². The zero-order valence-electron chi connectivity index (χ0n) is 27.8. The van der Waals surface area contributed by atoms with Crippen molar-refractivity contribution in [2.45, 2.75) is 0 Å². The summed E-state index contributed by atoms with van der Waals surface area (Å²) in [5, 5.41) is 7.15. The Hall–Kier alpha value is -6.84. The van der Waals surface area contributed by atoms with E-state index >= 15 is 0 Å². The van der Waals surface area contributed by atoms with Gasteiger partial charge in [-0.05, 0) is 117 Å². The summed E-state index contributed by atoms with van der Waals surface area (Å²) < 4.78 is 6.78. The van der Waals surface area contributed by atoms with Crippen LogP contribution < -0.4 is 14.5 Å². The van der Waals surface area contributed by atoms with Crippen LogP contribution in [-0.4, -0.2) is 0 Å². The number of fused-ring (bicyclic) bond motifs is 5. The lowest BCUT2D eigenvalue weighted by Gasteiger charge is -2.28. The minimum absolute atomic E-state index is 0.854. The van der Waals surface area contributed by atoms with Crippen molar-refractivity contribution in [1.29, 1.82) is 0 Å². The van der Waals surface area contributed by atoms with Crippen LogP contribution in [0.5, 0.6) is 11.5 Å². The number of rotatable bonds is 6. The van der Waals surface area contributed by atoms with E-state index in [4.69, 9.17) is 4.74 Å². The van der Waals surface area contributed by atoms with Crippen LogP contribution in [-0.2, 0) is 0 Å². The zero-order chi connectivity index (χ0) is 33.7. The fourth-order valence-corrected chi connectivity index (χ4v) is 7.62. The van der Waals surface area contributed by atoms with E-state index in [9.17, 15) is 0 Å². The maximum atomic E-state index is 6.78. The Balaban J connectivity index is 1.12. The summed E-state index contributed by atoms with van der Waals surface area (Å²) in [6.07, 6.45) is 0. The van der Waals surface area contributed by atoms with Crippen molar-refractivity contribution in [2.75, 3.05) is 9.80 Å². The van der Waals surface area contributed by atoms with Gasteiger partial charge in [-0.25, -0.2) is 0 Å². The molecule has 0 saturated heterocycles. The molecular formula is C48H32N2O. The zero-order valence-corrected chi connectivity index (χ0v) is 27.8. The van der Waals surface area contributed by atoms with Crippen molar-refractivity contribution in [3.63, 3.8) is 0 Å². The summed E-state index contributed by atoms with van der Waals surface area (Å²) in [6.45, 7) is 0. The van der Waals surface area contributed by atoms with Crippen molar-refractivity contribution < 1.29 is 4.74 Å². The van der Waals surface area contributed by atoms with E-state index in [0.717, 1.165) is 56.6 Å². The third kappa shape index (κ3) is 4.98. The number of hydrogen-bond acceptors (Lipinski definition) is 3. The number of ether oxygens (including phenoxy) is 1. The van der Waals surface area contributed by atoms with E-state index in [0.29, 0.717) is 0 Å². The number of anilines is 6. The second kappa shape index (κ2) is 11.9. The molecule has 0 spiro atoms. The molecule has 9 aromatic rings. The van der Waals surface area contributed by atoms with Gasteiger partial charge in [0.1, 0.15) is 11.5 Å². The minimum Gasteiger partial charge on any atom is -0.456 e. The van der Waals surface area contributed by atoms with E-state index in [2.05, 4.69) is 204 Å². The maximum absolute atomic E-state index is 6.78. The molecule has 1 aliphatic heterocycles. The lowest BCUT2D eigenvalue weighted by atomic mass is 9.90. The van der Waals surface area contributed by atoms with Gasteiger partial charge in [0.05, 0.1) is 0 Å². The molecule has 0 fully saturated rings. The van der Waals surface area contributed by atoms with Crippen molar-refractivity contribution in [3.05, 3.63) is 194 Å². The molecule has 0 unspecified atom stereocenters. The topological polar surface area (TPSA) is 15.7 Å². The van der Waals surface area contributed by atoms with E-state index in [1.807, 2.05) is 0 Å². The molecule has 9 aromatic carbocycles.